The number of urea groups is 1. The largest absolute Gasteiger partial charge is 0.381 e. The molecule has 2 aliphatic rings. The third-order valence-corrected chi connectivity index (χ3v) is 3.48. The first-order chi connectivity index (χ1) is 7.81. The molecule has 0 aromatic rings. The number of hydrogen-bond acceptors (Lipinski definition) is 3. The van der Waals surface area contributed by atoms with E-state index in [-0.39, 0.29) is 6.03 Å². The summed E-state index contributed by atoms with van der Waals surface area (Å²) in [7, 11) is 1.91. The van der Waals surface area contributed by atoms with Gasteiger partial charge in [0.2, 0.25) is 0 Å². The van der Waals surface area contributed by atoms with Crippen molar-refractivity contribution >= 4 is 6.03 Å². The van der Waals surface area contributed by atoms with Crippen molar-refractivity contribution in [1.29, 1.82) is 0 Å². The average Bonchev–Trinajstić information content (AvgIpc) is 2.69. The molecule has 5 heteroatoms. The summed E-state index contributed by atoms with van der Waals surface area (Å²) >= 11 is 0. The van der Waals surface area contributed by atoms with Crippen molar-refractivity contribution in [2.24, 2.45) is 5.92 Å². The van der Waals surface area contributed by atoms with E-state index in [2.05, 4.69) is 10.6 Å². The normalized spacial score (nSPS) is 27.2. The van der Waals surface area contributed by atoms with Crippen LogP contribution in [-0.4, -0.2) is 56.9 Å². The average molecular weight is 227 g/mol. The second-order valence-corrected chi connectivity index (χ2v) is 4.56. The zero-order valence-electron chi connectivity index (χ0n) is 9.87. The Morgan fingerprint density at radius 2 is 2.25 bits per heavy atom. The van der Waals surface area contributed by atoms with Crippen LogP contribution in [0.15, 0.2) is 0 Å². The highest BCUT2D eigenvalue weighted by atomic mass is 16.5. The minimum absolute atomic E-state index is 0.0896. The number of carbonyl (C=O) groups is 1. The summed E-state index contributed by atoms with van der Waals surface area (Å²) in [5, 5.41) is 6.15. The van der Waals surface area contributed by atoms with Gasteiger partial charge in [0.1, 0.15) is 0 Å². The monoisotopic (exact) mass is 227 g/mol. The van der Waals surface area contributed by atoms with Crippen LogP contribution < -0.4 is 10.6 Å². The molecule has 0 saturated carbocycles. The minimum atomic E-state index is 0.0896. The minimum Gasteiger partial charge on any atom is -0.381 e. The predicted molar refractivity (Wildman–Crippen MR) is 61.4 cm³/mol. The summed E-state index contributed by atoms with van der Waals surface area (Å²) in [5.41, 5.74) is 0. The van der Waals surface area contributed by atoms with Crippen molar-refractivity contribution in [3.8, 4) is 0 Å². The number of nitrogens with zero attached hydrogens (tertiary/aromatic N) is 1. The van der Waals surface area contributed by atoms with E-state index in [9.17, 15) is 4.79 Å². The van der Waals surface area contributed by atoms with Crippen LogP contribution in [-0.2, 0) is 4.74 Å². The zero-order valence-corrected chi connectivity index (χ0v) is 9.87. The fraction of sp³-hybridized carbons (Fsp3) is 0.909. The molecule has 2 amide bonds. The maximum Gasteiger partial charge on any atom is 0.317 e. The fourth-order valence-electron chi connectivity index (χ4n) is 2.44. The summed E-state index contributed by atoms with van der Waals surface area (Å²) in [6, 6.07) is 0.417. The van der Waals surface area contributed by atoms with Crippen LogP contribution in [0.1, 0.15) is 12.8 Å². The summed E-state index contributed by atoms with van der Waals surface area (Å²) in [6.45, 7) is 4.18. The number of nitrogens with one attached hydrogen (secondary N) is 2. The molecule has 92 valence electrons. The van der Waals surface area contributed by atoms with Gasteiger partial charge in [-0.05, 0) is 25.8 Å². The summed E-state index contributed by atoms with van der Waals surface area (Å²) in [4.78, 5) is 13.6. The summed E-state index contributed by atoms with van der Waals surface area (Å²) in [5.74, 6) is 0.595. The maximum absolute atomic E-state index is 11.7. The summed E-state index contributed by atoms with van der Waals surface area (Å²) < 4.78 is 5.34. The van der Waals surface area contributed by atoms with E-state index >= 15 is 0 Å². The van der Waals surface area contributed by atoms with Crippen LogP contribution in [0.2, 0.25) is 0 Å². The topological polar surface area (TPSA) is 53.6 Å². The molecule has 5 nitrogen and oxygen atoms in total. The van der Waals surface area contributed by atoms with Crippen LogP contribution in [0.3, 0.4) is 0 Å². The van der Waals surface area contributed by atoms with Crippen molar-refractivity contribution in [1.82, 2.24) is 15.5 Å². The highest BCUT2D eigenvalue weighted by Gasteiger charge is 2.34. The molecule has 2 heterocycles. The molecule has 2 saturated heterocycles. The molecular formula is C11H21N3O2. The maximum atomic E-state index is 11.7. The Morgan fingerprint density at radius 1 is 1.50 bits per heavy atom. The Labute approximate surface area is 96.5 Å². The van der Waals surface area contributed by atoms with Gasteiger partial charge in [-0.1, -0.05) is 0 Å². The molecule has 0 radical (unpaired) electrons. The van der Waals surface area contributed by atoms with Gasteiger partial charge in [0, 0.05) is 32.8 Å². The highest BCUT2D eigenvalue weighted by molar-refractivity contribution is 5.76. The number of rotatable bonds is 4. The van der Waals surface area contributed by atoms with Gasteiger partial charge in [0.15, 0.2) is 0 Å². The summed E-state index contributed by atoms with van der Waals surface area (Å²) in [6.07, 6.45) is 2.15. The van der Waals surface area contributed by atoms with Crippen molar-refractivity contribution in [3.05, 3.63) is 0 Å². The molecule has 1 atom stereocenters. The van der Waals surface area contributed by atoms with Crippen LogP contribution in [0.25, 0.3) is 0 Å². The van der Waals surface area contributed by atoms with Gasteiger partial charge in [0.05, 0.1) is 6.04 Å². The molecule has 2 fully saturated rings. The van der Waals surface area contributed by atoms with Gasteiger partial charge < -0.3 is 20.3 Å². The fourth-order valence-corrected chi connectivity index (χ4v) is 2.44. The zero-order chi connectivity index (χ0) is 11.4. The van der Waals surface area contributed by atoms with Crippen molar-refractivity contribution in [3.63, 3.8) is 0 Å². The smallest absolute Gasteiger partial charge is 0.317 e. The van der Waals surface area contributed by atoms with Gasteiger partial charge >= 0.3 is 6.03 Å². The first-order valence-electron chi connectivity index (χ1n) is 6.09. The van der Waals surface area contributed by atoms with E-state index in [4.69, 9.17) is 4.74 Å². The molecule has 0 bridgehead atoms. The Kier molecular flexibility index (Phi) is 4.01. The Hall–Kier alpha value is -0.810. The number of ether oxygens (including phenoxy) is 1. The molecule has 0 aromatic heterocycles. The lowest BCUT2D eigenvalue weighted by atomic mass is 9.92. The standard InChI is InChI=1S/C11H21N3O2/c1-12-4-5-14-8-10(13-11(14)15)9-2-6-16-7-3-9/h9-10,12H,2-8H2,1H3,(H,13,15). The van der Waals surface area contributed by atoms with Gasteiger partial charge in [-0.3, -0.25) is 0 Å². The third-order valence-electron chi connectivity index (χ3n) is 3.48. The molecule has 2 aliphatic heterocycles. The molecule has 0 spiro atoms. The van der Waals surface area contributed by atoms with E-state index in [1.807, 2.05) is 11.9 Å². The van der Waals surface area contributed by atoms with Crippen LogP contribution in [0.5, 0.6) is 0 Å². The molecule has 0 aromatic carbocycles. The van der Waals surface area contributed by atoms with Gasteiger partial charge in [-0.2, -0.15) is 0 Å². The molecule has 1 unspecified atom stereocenters. The first-order valence-corrected chi connectivity index (χ1v) is 6.09. The van der Waals surface area contributed by atoms with E-state index in [1.54, 1.807) is 0 Å². The number of hydrogen-bond donors (Lipinski definition) is 2. The van der Waals surface area contributed by atoms with Gasteiger partial charge in [-0.15, -0.1) is 0 Å². The third kappa shape index (κ3) is 2.65. The molecule has 2 N–H and O–H groups in total. The Balaban J connectivity index is 1.82. The number of carbonyl (C=O) groups excluding carboxylic acids is 1. The SMILES string of the molecule is CNCCN1CC(C2CCOCC2)NC1=O. The molecule has 2 rings (SSSR count). The van der Waals surface area contributed by atoms with Crippen LogP contribution >= 0.6 is 0 Å². The quantitative estimate of drug-likeness (QED) is 0.712. The molecule has 16 heavy (non-hydrogen) atoms. The lowest BCUT2D eigenvalue weighted by molar-refractivity contribution is 0.0567. The van der Waals surface area contributed by atoms with E-state index in [1.165, 1.54) is 0 Å². The van der Waals surface area contributed by atoms with Crippen LogP contribution in [0.4, 0.5) is 4.79 Å². The van der Waals surface area contributed by atoms with Gasteiger partial charge in [-0.25, -0.2) is 4.79 Å². The van der Waals surface area contributed by atoms with E-state index < -0.39 is 0 Å². The predicted octanol–water partition coefficient (Wildman–Crippen LogP) is 0.0262. The Morgan fingerprint density at radius 3 is 2.94 bits per heavy atom. The van der Waals surface area contributed by atoms with Gasteiger partial charge in [0.25, 0.3) is 0 Å². The lowest BCUT2D eigenvalue weighted by Gasteiger charge is -2.26. The molecular weight excluding hydrogens is 206 g/mol. The van der Waals surface area contributed by atoms with E-state index in [0.29, 0.717) is 12.0 Å². The number of amides is 2. The lowest BCUT2D eigenvalue weighted by Crippen LogP contribution is -2.37. The second kappa shape index (κ2) is 5.50. The molecule has 0 aliphatic carbocycles. The first kappa shape index (κ1) is 11.7. The second-order valence-electron chi connectivity index (χ2n) is 4.56. The Bertz CT molecular complexity index is 241. The van der Waals surface area contributed by atoms with Crippen molar-refractivity contribution < 1.29 is 9.53 Å². The van der Waals surface area contributed by atoms with Crippen LogP contribution in [0, 0.1) is 5.92 Å². The van der Waals surface area contributed by atoms with E-state index in [0.717, 1.165) is 45.7 Å². The number of likely N-dealkylation sites (N-methyl/N-ethyl adjacent to an activating group) is 1. The highest BCUT2D eigenvalue weighted by Crippen LogP contribution is 2.22. The van der Waals surface area contributed by atoms with Crippen molar-refractivity contribution in [2.45, 2.75) is 18.9 Å². The van der Waals surface area contributed by atoms with Crippen molar-refractivity contribution in [2.75, 3.05) is 39.9 Å².